The summed E-state index contributed by atoms with van der Waals surface area (Å²) in [7, 11) is 0. The lowest BCUT2D eigenvalue weighted by atomic mass is 9.97. The standard InChI is InChI=1S/C19H18N2O3S/c1-12(22)24-11-16-20-18-17(14-9-5-6-10-15(14)25-18)19(23)21(16)13-7-3-2-4-8-13/h2-4,7-8H,5-6,9-11H2,1H3. The number of thiophene rings is 1. The van der Waals surface area contributed by atoms with Crippen molar-refractivity contribution in [2.75, 3.05) is 0 Å². The van der Waals surface area contributed by atoms with Crippen molar-refractivity contribution in [2.24, 2.45) is 0 Å². The highest BCUT2D eigenvalue weighted by molar-refractivity contribution is 7.18. The molecule has 1 aliphatic carbocycles. The predicted molar refractivity (Wildman–Crippen MR) is 97.3 cm³/mol. The molecule has 0 fully saturated rings. The Bertz CT molecular complexity index is 1000. The Balaban J connectivity index is 1.98. The zero-order valence-electron chi connectivity index (χ0n) is 13.9. The maximum atomic E-state index is 13.3. The van der Waals surface area contributed by atoms with Crippen molar-refractivity contribution in [3.05, 3.63) is 57.0 Å². The summed E-state index contributed by atoms with van der Waals surface area (Å²) < 4.78 is 6.72. The molecule has 3 aromatic rings. The normalized spacial score (nSPS) is 13.6. The molecule has 1 aromatic carbocycles. The number of nitrogens with zero attached hydrogens (tertiary/aromatic N) is 2. The summed E-state index contributed by atoms with van der Waals surface area (Å²) >= 11 is 1.60. The molecular formula is C19H18N2O3S. The zero-order chi connectivity index (χ0) is 17.4. The van der Waals surface area contributed by atoms with Crippen LogP contribution in [0.25, 0.3) is 15.9 Å². The third-order valence-corrected chi connectivity index (χ3v) is 5.66. The van der Waals surface area contributed by atoms with Gasteiger partial charge in [0.05, 0.1) is 11.1 Å². The number of aryl methyl sites for hydroxylation is 2. The van der Waals surface area contributed by atoms with Crippen LogP contribution in [-0.2, 0) is 29.0 Å². The van der Waals surface area contributed by atoms with Crippen molar-refractivity contribution in [1.82, 2.24) is 9.55 Å². The first kappa shape index (κ1) is 16.0. The molecule has 0 saturated heterocycles. The zero-order valence-corrected chi connectivity index (χ0v) is 14.8. The first-order valence-corrected chi connectivity index (χ1v) is 9.22. The van der Waals surface area contributed by atoms with E-state index in [2.05, 4.69) is 0 Å². The molecule has 0 atom stereocenters. The Kier molecular flexibility index (Phi) is 4.13. The van der Waals surface area contributed by atoms with Crippen molar-refractivity contribution in [3.8, 4) is 5.69 Å². The quantitative estimate of drug-likeness (QED) is 0.677. The van der Waals surface area contributed by atoms with E-state index in [1.165, 1.54) is 11.8 Å². The molecule has 6 heteroatoms. The maximum Gasteiger partial charge on any atom is 0.303 e. The monoisotopic (exact) mass is 354 g/mol. The molecule has 2 aromatic heterocycles. The number of benzene rings is 1. The second kappa shape index (κ2) is 6.44. The predicted octanol–water partition coefficient (Wildman–Crippen LogP) is 3.39. The molecule has 0 aliphatic heterocycles. The third-order valence-electron chi connectivity index (χ3n) is 4.48. The van der Waals surface area contributed by atoms with Crippen LogP contribution in [0.5, 0.6) is 0 Å². The molecule has 4 rings (SSSR count). The van der Waals surface area contributed by atoms with E-state index in [1.807, 2.05) is 30.3 Å². The van der Waals surface area contributed by atoms with E-state index >= 15 is 0 Å². The van der Waals surface area contributed by atoms with Gasteiger partial charge in [0.2, 0.25) is 0 Å². The van der Waals surface area contributed by atoms with Crippen molar-refractivity contribution < 1.29 is 9.53 Å². The Labute approximate surface area is 148 Å². The number of para-hydroxylation sites is 1. The van der Waals surface area contributed by atoms with Crippen LogP contribution in [0.15, 0.2) is 35.1 Å². The second-order valence-corrected chi connectivity index (χ2v) is 7.26. The SMILES string of the molecule is CC(=O)OCc1nc2sc3c(c2c(=O)n1-c1ccccc1)CCCC3. The number of carbonyl (C=O) groups excluding carboxylic acids is 1. The largest absolute Gasteiger partial charge is 0.458 e. The van der Waals surface area contributed by atoms with Gasteiger partial charge in [0.25, 0.3) is 5.56 Å². The van der Waals surface area contributed by atoms with Gasteiger partial charge in [0.15, 0.2) is 5.82 Å². The van der Waals surface area contributed by atoms with E-state index in [1.54, 1.807) is 15.9 Å². The number of esters is 1. The summed E-state index contributed by atoms with van der Waals surface area (Å²) in [5.74, 6) is 0.0666. The molecule has 0 N–H and O–H groups in total. The summed E-state index contributed by atoms with van der Waals surface area (Å²) in [5, 5.41) is 0.732. The van der Waals surface area contributed by atoms with Gasteiger partial charge in [-0.15, -0.1) is 11.3 Å². The molecule has 2 heterocycles. The van der Waals surface area contributed by atoms with Gasteiger partial charge in [0.1, 0.15) is 11.4 Å². The summed E-state index contributed by atoms with van der Waals surface area (Å²) in [4.78, 5) is 31.3. The lowest BCUT2D eigenvalue weighted by Crippen LogP contribution is -2.25. The molecule has 0 saturated carbocycles. The number of ether oxygens (including phenoxy) is 1. The van der Waals surface area contributed by atoms with E-state index in [9.17, 15) is 9.59 Å². The first-order chi connectivity index (χ1) is 12.1. The highest BCUT2D eigenvalue weighted by Gasteiger charge is 2.22. The molecule has 0 amide bonds. The summed E-state index contributed by atoms with van der Waals surface area (Å²) in [6.07, 6.45) is 4.22. The van der Waals surface area contributed by atoms with Crippen molar-refractivity contribution in [3.63, 3.8) is 0 Å². The lowest BCUT2D eigenvalue weighted by molar-refractivity contribution is -0.142. The van der Waals surface area contributed by atoms with Crippen LogP contribution in [0.1, 0.15) is 36.0 Å². The highest BCUT2D eigenvalue weighted by Crippen LogP contribution is 2.34. The van der Waals surface area contributed by atoms with E-state index in [4.69, 9.17) is 9.72 Å². The smallest absolute Gasteiger partial charge is 0.303 e. The van der Waals surface area contributed by atoms with Crippen LogP contribution in [0.4, 0.5) is 0 Å². The van der Waals surface area contributed by atoms with Crippen molar-refractivity contribution in [1.29, 1.82) is 0 Å². The molecule has 25 heavy (non-hydrogen) atoms. The number of aromatic nitrogens is 2. The molecule has 5 nitrogen and oxygen atoms in total. The maximum absolute atomic E-state index is 13.3. The van der Waals surface area contributed by atoms with Crippen LogP contribution < -0.4 is 5.56 Å². The fourth-order valence-electron chi connectivity index (χ4n) is 3.35. The van der Waals surface area contributed by atoms with Gasteiger partial charge in [-0.1, -0.05) is 18.2 Å². The Hall–Kier alpha value is -2.47. The molecule has 0 radical (unpaired) electrons. The first-order valence-electron chi connectivity index (χ1n) is 8.40. The van der Waals surface area contributed by atoms with Gasteiger partial charge in [-0.25, -0.2) is 4.98 Å². The van der Waals surface area contributed by atoms with E-state index in [0.717, 1.165) is 47.2 Å². The van der Waals surface area contributed by atoms with Gasteiger partial charge in [0, 0.05) is 11.8 Å². The molecular weight excluding hydrogens is 336 g/mol. The summed E-state index contributed by atoms with van der Waals surface area (Å²) in [6.45, 7) is 1.34. The number of rotatable bonds is 3. The second-order valence-electron chi connectivity index (χ2n) is 6.18. The van der Waals surface area contributed by atoms with Gasteiger partial charge >= 0.3 is 5.97 Å². The van der Waals surface area contributed by atoms with Crippen LogP contribution >= 0.6 is 11.3 Å². The highest BCUT2D eigenvalue weighted by atomic mass is 32.1. The minimum Gasteiger partial charge on any atom is -0.458 e. The average Bonchev–Trinajstić information content (AvgIpc) is 2.99. The molecule has 0 unspecified atom stereocenters. The molecule has 0 bridgehead atoms. The Morgan fingerprint density at radius 1 is 1.24 bits per heavy atom. The molecule has 128 valence electrons. The minimum atomic E-state index is -0.389. The van der Waals surface area contributed by atoms with Gasteiger partial charge in [-0.2, -0.15) is 0 Å². The Morgan fingerprint density at radius 3 is 2.76 bits per heavy atom. The van der Waals surface area contributed by atoms with E-state index < -0.39 is 0 Å². The van der Waals surface area contributed by atoms with Crippen LogP contribution in [-0.4, -0.2) is 15.5 Å². The van der Waals surface area contributed by atoms with Crippen LogP contribution in [0.2, 0.25) is 0 Å². The number of fused-ring (bicyclic) bond motifs is 3. The van der Waals surface area contributed by atoms with Crippen molar-refractivity contribution in [2.45, 2.75) is 39.2 Å². The fraction of sp³-hybridized carbons (Fsp3) is 0.316. The summed E-state index contributed by atoms with van der Waals surface area (Å²) in [6, 6.07) is 9.39. The number of hydrogen-bond donors (Lipinski definition) is 0. The van der Waals surface area contributed by atoms with E-state index in [-0.39, 0.29) is 18.1 Å². The lowest BCUT2D eigenvalue weighted by Gasteiger charge is -2.13. The van der Waals surface area contributed by atoms with Gasteiger partial charge in [-0.3, -0.25) is 14.2 Å². The van der Waals surface area contributed by atoms with Gasteiger partial charge in [-0.05, 0) is 43.4 Å². The average molecular weight is 354 g/mol. The summed E-state index contributed by atoms with van der Waals surface area (Å²) in [5.41, 5.74) is 1.82. The number of hydrogen-bond acceptors (Lipinski definition) is 5. The Morgan fingerprint density at radius 2 is 2.00 bits per heavy atom. The number of carbonyl (C=O) groups is 1. The van der Waals surface area contributed by atoms with Crippen LogP contribution in [0.3, 0.4) is 0 Å². The topological polar surface area (TPSA) is 61.2 Å². The van der Waals surface area contributed by atoms with Crippen LogP contribution in [0, 0.1) is 0 Å². The minimum absolute atomic E-state index is 0.0159. The fourth-order valence-corrected chi connectivity index (χ4v) is 4.62. The molecule has 1 aliphatic rings. The van der Waals surface area contributed by atoms with Crippen molar-refractivity contribution >= 4 is 27.5 Å². The van der Waals surface area contributed by atoms with E-state index in [0.29, 0.717) is 5.82 Å². The third kappa shape index (κ3) is 2.87. The van der Waals surface area contributed by atoms with Gasteiger partial charge < -0.3 is 4.74 Å². The molecule has 0 spiro atoms.